The van der Waals surface area contributed by atoms with Gasteiger partial charge in [-0.05, 0) is 69.2 Å². The van der Waals surface area contributed by atoms with E-state index in [9.17, 15) is 22.7 Å². The van der Waals surface area contributed by atoms with E-state index in [0.29, 0.717) is 13.1 Å². The van der Waals surface area contributed by atoms with Crippen molar-refractivity contribution in [2.45, 2.75) is 61.4 Å². The van der Waals surface area contributed by atoms with Gasteiger partial charge in [-0.15, -0.1) is 0 Å². The highest BCUT2D eigenvalue weighted by Crippen LogP contribution is 2.38. The zero-order valence-electron chi connectivity index (χ0n) is 18.7. The number of anilines is 1. The fourth-order valence-electron chi connectivity index (χ4n) is 5.18. The first-order chi connectivity index (χ1) is 15.0. The van der Waals surface area contributed by atoms with Gasteiger partial charge in [0, 0.05) is 31.1 Å². The maximum atomic E-state index is 13.6. The number of sulfone groups is 1. The first-order valence-electron chi connectivity index (χ1n) is 11.0. The maximum Gasteiger partial charge on any atom is 0.513 e. The molecule has 0 spiro atoms. The van der Waals surface area contributed by atoms with E-state index in [2.05, 4.69) is 4.90 Å². The zero-order chi connectivity index (χ0) is 23.3. The molecule has 2 aromatic rings. The van der Waals surface area contributed by atoms with Gasteiger partial charge in [0.25, 0.3) is 0 Å². The number of fused-ring (bicyclic) bond motifs is 1. The Morgan fingerprint density at radius 3 is 2.34 bits per heavy atom. The number of rotatable bonds is 3. The third-order valence-electron chi connectivity index (χ3n) is 7.18. The molecule has 32 heavy (non-hydrogen) atoms. The smallest absolute Gasteiger partial charge is 0.435 e. The highest BCUT2D eigenvalue weighted by Gasteiger charge is 2.50. The molecule has 0 atom stereocenters. The molecule has 0 aliphatic carbocycles. The first kappa shape index (κ1) is 22.7. The van der Waals surface area contributed by atoms with Gasteiger partial charge in [-0.1, -0.05) is 6.07 Å². The Labute approximate surface area is 188 Å². The molecule has 1 fully saturated rings. The normalized spacial score (nSPS) is 23.8. The standard InChI is InChI=1S/C24H29FN2O4S/c1-24(2,3)27(23(28)29)13-10-19(11-14-27)26-12-9-17-15-21(7-8-22(17)26)32(30,31)20-6-4-5-18(25)16-20/h4-8,15-16,19H,9-14H2,1-3H3/p+1. The molecule has 1 N–H and O–H groups in total. The summed E-state index contributed by atoms with van der Waals surface area (Å²) in [5.74, 6) is -0.582. The summed E-state index contributed by atoms with van der Waals surface area (Å²) in [6.45, 7) is 7.86. The van der Waals surface area contributed by atoms with Crippen molar-refractivity contribution in [1.29, 1.82) is 0 Å². The number of likely N-dealkylation sites (tertiary alicyclic amines) is 1. The Morgan fingerprint density at radius 1 is 1.09 bits per heavy atom. The van der Waals surface area contributed by atoms with Gasteiger partial charge in [0.05, 0.1) is 22.9 Å². The van der Waals surface area contributed by atoms with Crippen LogP contribution in [-0.2, 0) is 16.3 Å². The van der Waals surface area contributed by atoms with Crippen molar-refractivity contribution in [3.63, 3.8) is 0 Å². The van der Waals surface area contributed by atoms with E-state index < -0.39 is 21.7 Å². The number of halogens is 1. The van der Waals surface area contributed by atoms with Crippen LogP contribution in [0.2, 0.25) is 0 Å². The van der Waals surface area contributed by atoms with Gasteiger partial charge in [0.2, 0.25) is 9.84 Å². The summed E-state index contributed by atoms with van der Waals surface area (Å²) < 4.78 is 39.5. The topological polar surface area (TPSA) is 74.7 Å². The molecular weight excluding hydrogens is 431 g/mol. The van der Waals surface area contributed by atoms with E-state index in [0.717, 1.165) is 43.1 Å². The van der Waals surface area contributed by atoms with Gasteiger partial charge in [-0.2, -0.15) is 4.79 Å². The Morgan fingerprint density at radius 2 is 1.75 bits per heavy atom. The van der Waals surface area contributed by atoms with E-state index in [4.69, 9.17) is 0 Å². The lowest BCUT2D eigenvalue weighted by Gasteiger charge is -2.48. The summed E-state index contributed by atoms with van der Waals surface area (Å²) in [5, 5.41) is 9.93. The number of piperidine rings is 1. The van der Waals surface area contributed by atoms with Crippen molar-refractivity contribution >= 4 is 21.6 Å². The summed E-state index contributed by atoms with van der Waals surface area (Å²) in [5.41, 5.74) is 1.60. The number of carboxylic acid groups (broad SMARTS) is 1. The fraction of sp³-hybridized carbons (Fsp3) is 0.458. The predicted octanol–water partition coefficient (Wildman–Crippen LogP) is 4.48. The number of benzene rings is 2. The Bertz CT molecular complexity index is 1150. The molecule has 1 amide bonds. The average molecular weight is 462 g/mol. The third-order valence-corrected chi connectivity index (χ3v) is 8.93. The summed E-state index contributed by atoms with van der Waals surface area (Å²) in [4.78, 5) is 14.5. The number of hydrogen-bond donors (Lipinski definition) is 1. The molecule has 0 radical (unpaired) electrons. The van der Waals surface area contributed by atoms with E-state index in [1.807, 2.05) is 26.8 Å². The van der Waals surface area contributed by atoms with E-state index >= 15 is 0 Å². The van der Waals surface area contributed by atoms with Crippen LogP contribution in [0.3, 0.4) is 0 Å². The van der Waals surface area contributed by atoms with Gasteiger partial charge in [-0.3, -0.25) is 0 Å². The van der Waals surface area contributed by atoms with Crippen molar-refractivity contribution in [3.05, 3.63) is 53.8 Å². The number of carbonyl (C=O) groups is 1. The summed E-state index contributed by atoms with van der Waals surface area (Å²) in [7, 11) is -3.79. The quantitative estimate of drug-likeness (QED) is 0.683. The van der Waals surface area contributed by atoms with Crippen LogP contribution >= 0.6 is 0 Å². The van der Waals surface area contributed by atoms with Crippen LogP contribution in [0.1, 0.15) is 39.2 Å². The minimum absolute atomic E-state index is 0.0513. The van der Waals surface area contributed by atoms with Crippen molar-refractivity contribution < 1.29 is 27.2 Å². The second-order valence-electron chi connectivity index (χ2n) is 9.79. The largest absolute Gasteiger partial charge is 0.513 e. The van der Waals surface area contributed by atoms with Gasteiger partial charge >= 0.3 is 6.09 Å². The first-order valence-corrected chi connectivity index (χ1v) is 12.4. The van der Waals surface area contributed by atoms with Crippen molar-refractivity contribution in [2.24, 2.45) is 0 Å². The molecule has 8 heteroatoms. The monoisotopic (exact) mass is 461 g/mol. The molecule has 2 heterocycles. The number of amides is 1. The zero-order valence-corrected chi connectivity index (χ0v) is 19.5. The van der Waals surface area contributed by atoms with Gasteiger partial charge in [0.1, 0.15) is 11.4 Å². The number of nitrogens with zero attached hydrogens (tertiary/aromatic N) is 2. The van der Waals surface area contributed by atoms with Crippen molar-refractivity contribution in [2.75, 3.05) is 24.5 Å². The summed E-state index contributed by atoms with van der Waals surface area (Å²) in [6.07, 6.45) is 1.50. The molecule has 2 aliphatic rings. The molecule has 4 rings (SSSR count). The second-order valence-corrected chi connectivity index (χ2v) is 11.7. The summed E-state index contributed by atoms with van der Waals surface area (Å²) in [6, 6.07) is 10.4. The molecular formula is C24H30FN2O4S+. The lowest BCUT2D eigenvalue weighted by molar-refractivity contribution is -0.908. The summed E-state index contributed by atoms with van der Waals surface area (Å²) >= 11 is 0. The number of hydrogen-bond acceptors (Lipinski definition) is 4. The molecule has 1 saturated heterocycles. The maximum absolute atomic E-state index is 13.6. The molecule has 0 saturated carbocycles. The fourth-order valence-corrected chi connectivity index (χ4v) is 6.52. The highest BCUT2D eigenvalue weighted by molar-refractivity contribution is 7.91. The SMILES string of the molecule is CC(C)(C)[N+]1(C(=O)O)CCC(N2CCc3cc(S(=O)(=O)c4cccc(F)c4)ccc32)CC1. The molecule has 172 valence electrons. The Kier molecular flexibility index (Phi) is 5.57. The van der Waals surface area contributed by atoms with Crippen LogP contribution in [0.15, 0.2) is 52.3 Å². The second kappa shape index (κ2) is 7.85. The molecule has 2 aromatic carbocycles. The molecule has 6 nitrogen and oxygen atoms in total. The Hall–Kier alpha value is -2.45. The number of quaternary nitrogens is 1. The van der Waals surface area contributed by atoms with Crippen LogP contribution in [0.5, 0.6) is 0 Å². The third kappa shape index (κ3) is 3.69. The van der Waals surface area contributed by atoms with Crippen LogP contribution in [0.25, 0.3) is 0 Å². The van der Waals surface area contributed by atoms with Gasteiger partial charge < -0.3 is 10.0 Å². The van der Waals surface area contributed by atoms with E-state index in [-0.39, 0.29) is 25.9 Å². The predicted molar refractivity (Wildman–Crippen MR) is 120 cm³/mol. The molecule has 0 bridgehead atoms. The lowest BCUT2D eigenvalue weighted by atomic mass is 9.93. The Balaban J connectivity index is 1.56. The molecule has 0 unspecified atom stereocenters. The molecule has 0 aromatic heterocycles. The van der Waals surface area contributed by atoms with Gasteiger partial charge in [-0.25, -0.2) is 17.3 Å². The van der Waals surface area contributed by atoms with Crippen LogP contribution < -0.4 is 4.90 Å². The van der Waals surface area contributed by atoms with Crippen LogP contribution in [0, 0.1) is 5.82 Å². The lowest BCUT2D eigenvalue weighted by Crippen LogP contribution is -2.67. The van der Waals surface area contributed by atoms with E-state index in [1.54, 1.807) is 12.1 Å². The minimum atomic E-state index is -3.79. The molecule has 2 aliphatic heterocycles. The van der Waals surface area contributed by atoms with Gasteiger partial charge in [0.15, 0.2) is 0 Å². The van der Waals surface area contributed by atoms with Crippen LogP contribution in [0.4, 0.5) is 14.9 Å². The van der Waals surface area contributed by atoms with Crippen molar-refractivity contribution in [3.8, 4) is 0 Å². The van der Waals surface area contributed by atoms with E-state index in [1.165, 1.54) is 18.2 Å². The minimum Gasteiger partial charge on any atom is -0.435 e. The highest BCUT2D eigenvalue weighted by atomic mass is 32.2. The average Bonchev–Trinajstić information content (AvgIpc) is 3.16. The van der Waals surface area contributed by atoms with Crippen LogP contribution in [-0.4, -0.2) is 55.3 Å². The van der Waals surface area contributed by atoms with Crippen molar-refractivity contribution in [1.82, 2.24) is 0 Å².